The zero-order valence-corrected chi connectivity index (χ0v) is 17.1. The standard InChI is InChI=1S/C21H26N2O4S/c1-3-27-21(26)19-18(15-7-5-4-6-8-15)14(2)28-20(19)22-17(25)13-23-11-9-16(24)10-12-23/h4-8,16,24H,3,9-13H2,1-2H3,(H,22,25). The minimum atomic E-state index is -0.429. The molecule has 2 heterocycles. The van der Waals surface area contributed by atoms with Crippen LogP contribution in [0.25, 0.3) is 11.1 Å². The maximum absolute atomic E-state index is 12.7. The van der Waals surface area contributed by atoms with Crippen molar-refractivity contribution in [2.45, 2.75) is 32.8 Å². The van der Waals surface area contributed by atoms with E-state index in [1.165, 1.54) is 11.3 Å². The number of piperidine rings is 1. The number of aryl methyl sites for hydroxylation is 1. The van der Waals surface area contributed by atoms with Gasteiger partial charge in [0.15, 0.2) is 0 Å². The predicted octanol–water partition coefficient (Wildman–Crippen LogP) is 3.30. The van der Waals surface area contributed by atoms with Gasteiger partial charge in [0.2, 0.25) is 5.91 Å². The Morgan fingerprint density at radius 1 is 1.25 bits per heavy atom. The summed E-state index contributed by atoms with van der Waals surface area (Å²) in [6.45, 7) is 5.61. The SMILES string of the molecule is CCOC(=O)c1c(NC(=O)CN2CCC(O)CC2)sc(C)c1-c1ccccc1. The fourth-order valence-corrected chi connectivity index (χ4v) is 4.51. The van der Waals surface area contributed by atoms with Crippen molar-refractivity contribution in [3.8, 4) is 11.1 Å². The van der Waals surface area contributed by atoms with Crippen molar-refractivity contribution in [2.75, 3.05) is 31.6 Å². The lowest BCUT2D eigenvalue weighted by Crippen LogP contribution is -2.40. The van der Waals surface area contributed by atoms with E-state index in [2.05, 4.69) is 5.32 Å². The number of benzene rings is 1. The number of likely N-dealkylation sites (tertiary alicyclic amines) is 1. The second-order valence-corrected chi connectivity index (χ2v) is 8.10. The van der Waals surface area contributed by atoms with Gasteiger partial charge >= 0.3 is 5.97 Å². The number of thiophene rings is 1. The van der Waals surface area contributed by atoms with E-state index in [0.717, 1.165) is 16.0 Å². The fourth-order valence-electron chi connectivity index (χ4n) is 3.43. The van der Waals surface area contributed by atoms with Gasteiger partial charge in [-0.05, 0) is 32.3 Å². The van der Waals surface area contributed by atoms with E-state index >= 15 is 0 Å². The van der Waals surface area contributed by atoms with Gasteiger partial charge in [-0.1, -0.05) is 30.3 Å². The molecule has 1 aromatic carbocycles. The predicted molar refractivity (Wildman–Crippen MR) is 111 cm³/mol. The van der Waals surface area contributed by atoms with Crippen LogP contribution in [0, 0.1) is 6.92 Å². The van der Waals surface area contributed by atoms with Crippen molar-refractivity contribution in [3.05, 3.63) is 40.8 Å². The highest BCUT2D eigenvalue weighted by Crippen LogP contribution is 2.40. The van der Waals surface area contributed by atoms with E-state index in [4.69, 9.17) is 4.74 Å². The zero-order chi connectivity index (χ0) is 20.1. The summed E-state index contributed by atoms with van der Waals surface area (Å²) >= 11 is 1.39. The number of ether oxygens (including phenoxy) is 1. The van der Waals surface area contributed by atoms with E-state index in [1.54, 1.807) is 6.92 Å². The Labute approximate surface area is 169 Å². The smallest absolute Gasteiger partial charge is 0.341 e. The number of anilines is 1. The molecule has 1 saturated heterocycles. The number of amides is 1. The summed E-state index contributed by atoms with van der Waals surface area (Å²) in [6.07, 6.45) is 1.08. The highest BCUT2D eigenvalue weighted by atomic mass is 32.1. The third-order valence-corrected chi connectivity index (χ3v) is 5.82. The highest BCUT2D eigenvalue weighted by molar-refractivity contribution is 7.17. The minimum Gasteiger partial charge on any atom is -0.462 e. The first-order chi connectivity index (χ1) is 13.5. The molecule has 0 bridgehead atoms. The van der Waals surface area contributed by atoms with Crippen molar-refractivity contribution in [1.29, 1.82) is 0 Å². The van der Waals surface area contributed by atoms with Crippen LogP contribution in [0.1, 0.15) is 35.0 Å². The number of nitrogens with zero attached hydrogens (tertiary/aromatic N) is 1. The molecule has 1 aromatic heterocycles. The number of nitrogens with one attached hydrogen (secondary N) is 1. The normalized spacial score (nSPS) is 15.4. The van der Waals surface area contributed by atoms with E-state index in [9.17, 15) is 14.7 Å². The van der Waals surface area contributed by atoms with E-state index in [0.29, 0.717) is 36.5 Å². The number of carbonyl (C=O) groups is 2. The third-order valence-electron chi connectivity index (χ3n) is 4.80. The van der Waals surface area contributed by atoms with Crippen LogP contribution in [0.15, 0.2) is 30.3 Å². The summed E-state index contributed by atoms with van der Waals surface area (Å²) < 4.78 is 5.27. The van der Waals surface area contributed by atoms with Crippen LogP contribution in [0.2, 0.25) is 0 Å². The van der Waals surface area contributed by atoms with Gasteiger partial charge < -0.3 is 15.2 Å². The van der Waals surface area contributed by atoms with E-state index in [1.807, 2.05) is 42.2 Å². The Hall–Kier alpha value is -2.22. The van der Waals surface area contributed by atoms with Gasteiger partial charge in [-0.25, -0.2) is 4.79 Å². The Kier molecular flexibility index (Phi) is 6.83. The van der Waals surface area contributed by atoms with Crippen LogP contribution in [-0.4, -0.2) is 54.2 Å². The molecule has 150 valence electrons. The summed E-state index contributed by atoms with van der Waals surface area (Å²) in [5, 5.41) is 13.0. The maximum Gasteiger partial charge on any atom is 0.341 e. The van der Waals surface area contributed by atoms with Gasteiger partial charge in [0.25, 0.3) is 0 Å². The molecule has 3 rings (SSSR count). The molecule has 7 heteroatoms. The number of esters is 1. The van der Waals surface area contributed by atoms with Crippen LogP contribution in [-0.2, 0) is 9.53 Å². The van der Waals surface area contributed by atoms with E-state index < -0.39 is 5.97 Å². The lowest BCUT2D eigenvalue weighted by Gasteiger charge is -2.28. The Balaban J connectivity index is 1.84. The first-order valence-corrected chi connectivity index (χ1v) is 10.4. The monoisotopic (exact) mass is 402 g/mol. The molecule has 1 aliphatic rings. The average Bonchev–Trinajstić information content (AvgIpc) is 3.00. The molecule has 0 atom stereocenters. The van der Waals surface area contributed by atoms with Crippen molar-refractivity contribution >= 4 is 28.2 Å². The van der Waals surface area contributed by atoms with Crippen LogP contribution in [0.3, 0.4) is 0 Å². The van der Waals surface area contributed by atoms with Crippen molar-refractivity contribution in [3.63, 3.8) is 0 Å². The van der Waals surface area contributed by atoms with E-state index in [-0.39, 0.29) is 25.2 Å². The van der Waals surface area contributed by atoms with Crippen LogP contribution in [0.4, 0.5) is 5.00 Å². The molecule has 0 radical (unpaired) electrons. The average molecular weight is 403 g/mol. The third kappa shape index (κ3) is 4.79. The molecule has 0 saturated carbocycles. The van der Waals surface area contributed by atoms with Gasteiger partial charge in [0.1, 0.15) is 10.6 Å². The van der Waals surface area contributed by atoms with Crippen molar-refractivity contribution in [2.24, 2.45) is 0 Å². The molecule has 0 unspecified atom stereocenters. The second kappa shape index (κ2) is 9.32. The zero-order valence-electron chi connectivity index (χ0n) is 16.2. The van der Waals surface area contributed by atoms with Gasteiger partial charge in [-0.3, -0.25) is 9.69 Å². The van der Waals surface area contributed by atoms with Crippen LogP contribution < -0.4 is 5.32 Å². The Bertz CT molecular complexity index is 826. The number of hydrogen-bond acceptors (Lipinski definition) is 6. The molecule has 0 spiro atoms. The molecular formula is C21H26N2O4S. The van der Waals surface area contributed by atoms with Gasteiger partial charge in [0.05, 0.1) is 19.3 Å². The summed E-state index contributed by atoms with van der Waals surface area (Å²) in [4.78, 5) is 28.2. The topological polar surface area (TPSA) is 78.9 Å². The molecule has 2 aromatic rings. The molecule has 1 aliphatic heterocycles. The summed E-state index contributed by atoms with van der Waals surface area (Å²) in [6, 6.07) is 9.66. The highest BCUT2D eigenvalue weighted by Gasteiger charge is 2.26. The molecule has 0 aliphatic carbocycles. The first kappa shape index (κ1) is 20.5. The number of rotatable bonds is 6. The molecule has 28 heavy (non-hydrogen) atoms. The second-order valence-electron chi connectivity index (χ2n) is 6.88. The number of aliphatic hydroxyl groups is 1. The number of hydrogen-bond donors (Lipinski definition) is 2. The number of aliphatic hydroxyl groups excluding tert-OH is 1. The largest absolute Gasteiger partial charge is 0.462 e. The number of carbonyl (C=O) groups excluding carboxylic acids is 2. The maximum atomic E-state index is 12.7. The van der Waals surface area contributed by atoms with Crippen molar-refractivity contribution < 1.29 is 19.4 Å². The summed E-state index contributed by atoms with van der Waals surface area (Å²) in [5.41, 5.74) is 2.14. The van der Waals surface area contributed by atoms with Crippen LogP contribution in [0.5, 0.6) is 0 Å². The summed E-state index contributed by atoms with van der Waals surface area (Å²) in [7, 11) is 0. The lowest BCUT2D eigenvalue weighted by atomic mass is 10.0. The minimum absolute atomic E-state index is 0.164. The Morgan fingerprint density at radius 2 is 1.93 bits per heavy atom. The lowest BCUT2D eigenvalue weighted by molar-refractivity contribution is -0.117. The van der Waals surface area contributed by atoms with Crippen molar-refractivity contribution in [1.82, 2.24) is 4.90 Å². The summed E-state index contributed by atoms with van der Waals surface area (Å²) in [5.74, 6) is -0.593. The molecule has 6 nitrogen and oxygen atoms in total. The molecule has 1 amide bonds. The van der Waals surface area contributed by atoms with Gasteiger partial charge in [-0.15, -0.1) is 11.3 Å². The molecule has 1 fully saturated rings. The fraction of sp³-hybridized carbons (Fsp3) is 0.429. The van der Waals surface area contributed by atoms with Gasteiger partial charge in [0, 0.05) is 23.5 Å². The van der Waals surface area contributed by atoms with Crippen LogP contribution >= 0.6 is 11.3 Å². The first-order valence-electron chi connectivity index (χ1n) is 9.55. The Morgan fingerprint density at radius 3 is 2.57 bits per heavy atom. The quantitative estimate of drug-likeness (QED) is 0.725. The molecular weight excluding hydrogens is 376 g/mol. The van der Waals surface area contributed by atoms with Gasteiger partial charge in [-0.2, -0.15) is 0 Å². The molecule has 2 N–H and O–H groups in total.